The highest BCUT2D eigenvalue weighted by atomic mass is 79.9. The van der Waals surface area contributed by atoms with Crippen molar-refractivity contribution in [1.29, 1.82) is 0 Å². The van der Waals surface area contributed by atoms with Crippen LogP contribution in [0.5, 0.6) is 5.75 Å². The van der Waals surface area contributed by atoms with Crippen molar-refractivity contribution in [2.24, 2.45) is 4.99 Å². The molecule has 1 aliphatic rings. The van der Waals surface area contributed by atoms with E-state index in [0.29, 0.717) is 46.7 Å². The molecule has 0 fully saturated rings. The molecule has 2 heterocycles. The monoisotopic (exact) mass is 735 g/mol. The van der Waals surface area contributed by atoms with Crippen LogP contribution in [0.4, 0.5) is 5.69 Å². The maximum atomic E-state index is 13.9. The molecule has 0 saturated heterocycles. The van der Waals surface area contributed by atoms with Gasteiger partial charge >= 0.3 is 11.7 Å². The molecule has 0 radical (unpaired) electrons. The molecule has 3 aromatic carbocycles. The number of allylic oxidation sites excluding steroid dienone is 1. The number of benzene rings is 3. The summed E-state index contributed by atoms with van der Waals surface area (Å²) < 4.78 is 13.1. The van der Waals surface area contributed by atoms with Gasteiger partial charge in [-0.1, -0.05) is 70.4 Å². The molecule has 5 rings (SSSR count). The van der Waals surface area contributed by atoms with E-state index in [0.717, 1.165) is 11.3 Å². The summed E-state index contributed by atoms with van der Waals surface area (Å²) in [4.78, 5) is 43.3. The lowest BCUT2D eigenvalue weighted by atomic mass is 9.96. The fraction of sp³-hybridized carbons (Fsp3) is 0.167. The number of aromatic nitrogens is 1. The average molecular weight is 738 g/mol. The molecule has 1 aromatic heterocycles. The number of esters is 1. The molecule has 226 valence electrons. The van der Waals surface area contributed by atoms with Gasteiger partial charge in [0.05, 0.1) is 41.9 Å². The van der Waals surface area contributed by atoms with Crippen LogP contribution in [-0.2, 0) is 16.1 Å². The summed E-state index contributed by atoms with van der Waals surface area (Å²) in [5.74, 6) is -0.600. The molecule has 44 heavy (non-hydrogen) atoms. The van der Waals surface area contributed by atoms with E-state index in [2.05, 4.69) is 20.9 Å². The van der Waals surface area contributed by atoms with E-state index < -0.39 is 22.5 Å². The lowest BCUT2D eigenvalue weighted by molar-refractivity contribution is -0.386. The third kappa shape index (κ3) is 6.33. The molecular weight excluding hydrogens is 717 g/mol. The first kappa shape index (κ1) is 31.9. The highest BCUT2D eigenvalue weighted by Gasteiger charge is 2.34. The number of ether oxygens (including phenoxy) is 2. The predicted octanol–water partition coefficient (Wildman–Crippen LogP) is 7.01. The van der Waals surface area contributed by atoms with Gasteiger partial charge in [-0.25, -0.2) is 9.79 Å². The smallest absolute Gasteiger partial charge is 0.338 e. The fourth-order valence-corrected chi connectivity index (χ4v) is 6.87. The maximum Gasteiger partial charge on any atom is 0.338 e. The van der Waals surface area contributed by atoms with Crippen LogP contribution < -0.4 is 19.6 Å². The number of thiazole rings is 1. The van der Waals surface area contributed by atoms with Gasteiger partial charge in [0.2, 0.25) is 5.75 Å². The molecule has 0 aliphatic carbocycles. The molecule has 14 heteroatoms. The molecule has 9 nitrogen and oxygen atoms in total. The van der Waals surface area contributed by atoms with Crippen LogP contribution in [0, 0.1) is 10.1 Å². The highest BCUT2D eigenvalue weighted by molar-refractivity contribution is 9.10. The second-order valence-corrected chi connectivity index (χ2v) is 12.6. The Morgan fingerprint density at radius 2 is 1.89 bits per heavy atom. The van der Waals surface area contributed by atoms with Crippen molar-refractivity contribution in [3.8, 4) is 5.75 Å². The van der Waals surface area contributed by atoms with E-state index in [9.17, 15) is 19.7 Å². The molecule has 1 aliphatic heterocycles. The maximum absolute atomic E-state index is 13.9. The Morgan fingerprint density at radius 3 is 2.57 bits per heavy atom. The molecule has 0 spiro atoms. The first-order valence-corrected chi connectivity index (χ1v) is 15.7. The van der Waals surface area contributed by atoms with Crippen molar-refractivity contribution in [2.75, 3.05) is 6.61 Å². The van der Waals surface area contributed by atoms with Gasteiger partial charge in [-0.05, 0) is 76.8 Å². The zero-order valence-corrected chi connectivity index (χ0v) is 27.6. The summed E-state index contributed by atoms with van der Waals surface area (Å²) >= 11 is 23.1. The Balaban J connectivity index is 1.60. The van der Waals surface area contributed by atoms with Gasteiger partial charge in [-0.2, -0.15) is 0 Å². The van der Waals surface area contributed by atoms with Gasteiger partial charge in [0, 0.05) is 11.1 Å². The quantitative estimate of drug-likeness (QED) is 0.109. The fourth-order valence-electron chi connectivity index (χ4n) is 4.68. The van der Waals surface area contributed by atoms with Gasteiger partial charge in [0.25, 0.3) is 5.56 Å². The molecule has 1 atom stereocenters. The summed E-state index contributed by atoms with van der Waals surface area (Å²) in [6, 6.07) is 13.9. The van der Waals surface area contributed by atoms with Crippen LogP contribution in [0.3, 0.4) is 0 Å². The number of nitro benzene ring substituents is 1. The zero-order valence-electron chi connectivity index (χ0n) is 23.0. The summed E-state index contributed by atoms with van der Waals surface area (Å²) in [7, 11) is 0. The topological polar surface area (TPSA) is 113 Å². The zero-order chi connectivity index (χ0) is 31.7. The predicted molar refractivity (Wildman–Crippen MR) is 173 cm³/mol. The number of carbonyl (C=O) groups is 1. The first-order chi connectivity index (χ1) is 21.0. The minimum Gasteiger partial charge on any atom is -0.481 e. The molecule has 0 saturated carbocycles. The third-order valence-corrected chi connectivity index (χ3v) is 9.28. The minimum absolute atomic E-state index is 0.00152. The Labute approximate surface area is 277 Å². The number of nitro groups is 1. The molecular formula is C30H21BrCl3N3O6S. The molecule has 0 amide bonds. The van der Waals surface area contributed by atoms with Crippen LogP contribution in [0.1, 0.15) is 36.6 Å². The van der Waals surface area contributed by atoms with Crippen molar-refractivity contribution in [2.45, 2.75) is 26.5 Å². The summed E-state index contributed by atoms with van der Waals surface area (Å²) in [5, 5.41) is 13.1. The Morgan fingerprint density at radius 1 is 1.14 bits per heavy atom. The van der Waals surface area contributed by atoms with Crippen LogP contribution >= 0.6 is 62.1 Å². The van der Waals surface area contributed by atoms with E-state index in [1.807, 2.05) is 0 Å². The Hall–Kier alpha value is -3.48. The summed E-state index contributed by atoms with van der Waals surface area (Å²) in [5.41, 5.74) is 1.38. The Bertz CT molecular complexity index is 2040. The van der Waals surface area contributed by atoms with E-state index in [-0.39, 0.29) is 34.8 Å². The van der Waals surface area contributed by atoms with Gasteiger partial charge in [-0.3, -0.25) is 19.5 Å². The van der Waals surface area contributed by atoms with E-state index >= 15 is 0 Å². The second-order valence-electron chi connectivity index (χ2n) is 9.47. The summed E-state index contributed by atoms with van der Waals surface area (Å²) in [6.45, 7) is 3.49. The van der Waals surface area contributed by atoms with Crippen molar-refractivity contribution in [3.63, 3.8) is 0 Å². The Kier molecular flexibility index (Phi) is 9.62. The van der Waals surface area contributed by atoms with Gasteiger partial charge in [0.15, 0.2) is 4.80 Å². The largest absolute Gasteiger partial charge is 0.481 e. The van der Waals surface area contributed by atoms with Crippen molar-refractivity contribution in [1.82, 2.24) is 4.57 Å². The number of hydrogen-bond acceptors (Lipinski definition) is 8. The van der Waals surface area contributed by atoms with Crippen LogP contribution in [0.15, 0.2) is 80.1 Å². The molecule has 0 bridgehead atoms. The summed E-state index contributed by atoms with van der Waals surface area (Å²) in [6.07, 6.45) is 1.53. The number of hydrogen-bond donors (Lipinski definition) is 0. The number of rotatable bonds is 8. The number of nitrogens with zero attached hydrogens (tertiary/aromatic N) is 3. The number of halogens is 4. The van der Waals surface area contributed by atoms with Gasteiger partial charge in [-0.15, -0.1) is 0 Å². The average Bonchev–Trinajstić information content (AvgIpc) is 3.27. The van der Waals surface area contributed by atoms with E-state index in [4.69, 9.17) is 44.3 Å². The lowest BCUT2D eigenvalue weighted by Gasteiger charge is -2.25. The lowest BCUT2D eigenvalue weighted by Crippen LogP contribution is -2.40. The van der Waals surface area contributed by atoms with Crippen molar-refractivity contribution >= 4 is 79.8 Å². The van der Waals surface area contributed by atoms with Gasteiger partial charge in [0.1, 0.15) is 12.6 Å². The van der Waals surface area contributed by atoms with Crippen molar-refractivity contribution < 1.29 is 19.2 Å². The number of carbonyl (C=O) groups excluding carboxylic acids is 1. The first-order valence-electron chi connectivity index (χ1n) is 13.0. The standard InChI is InChI=1S/C30H21BrCl3N3O6S/c1-3-42-29(39)25-15(2)35-30-36(26(25)18-6-4-5-7-20(18)32)28(38)24(44-30)13-17-10-19(31)27(23(12-17)37(40)41)43-14-16-8-9-21(33)22(34)11-16/h4-13,26H,3,14H2,1-2H3/b24-13-/t26-/m1/s1. The van der Waals surface area contributed by atoms with E-state index in [1.54, 1.807) is 62.4 Å². The molecule has 4 aromatic rings. The molecule has 0 N–H and O–H groups in total. The van der Waals surface area contributed by atoms with Gasteiger partial charge < -0.3 is 9.47 Å². The highest BCUT2D eigenvalue weighted by Crippen LogP contribution is 2.38. The van der Waals surface area contributed by atoms with E-state index in [1.165, 1.54) is 16.7 Å². The van der Waals surface area contributed by atoms with Crippen LogP contribution in [0.2, 0.25) is 15.1 Å². The second kappa shape index (κ2) is 13.3. The van der Waals surface area contributed by atoms with Crippen LogP contribution in [0.25, 0.3) is 6.08 Å². The third-order valence-electron chi connectivity index (χ3n) is 6.62. The normalized spacial score (nSPS) is 14.7. The SMILES string of the molecule is CCOC(=O)C1=C(C)N=c2s/c(=C\c3cc(Br)c(OCc4ccc(Cl)c(Cl)c4)c([N+](=O)[O-])c3)c(=O)n2[C@@H]1c1ccccc1Cl. The van der Waals surface area contributed by atoms with Crippen molar-refractivity contribution in [3.05, 3.63) is 132 Å². The van der Waals surface area contributed by atoms with Crippen LogP contribution in [-0.4, -0.2) is 22.1 Å². The minimum atomic E-state index is -0.889. The number of fused-ring (bicyclic) bond motifs is 1. The molecule has 0 unspecified atom stereocenters.